The number of nitrogens with two attached hydrogens (primary N) is 1. The molecule has 35 heavy (non-hydrogen) atoms. The minimum absolute atomic E-state index is 0.0291. The number of hydrogen-bond acceptors (Lipinski definition) is 7. The van der Waals surface area contributed by atoms with Crippen LogP contribution in [0, 0.1) is 5.41 Å². The van der Waals surface area contributed by atoms with Crippen molar-refractivity contribution < 1.29 is 17.9 Å². The van der Waals surface area contributed by atoms with Crippen LogP contribution in [0.3, 0.4) is 0 Å². The number of rotatable bonds is 3. The van der Waals surface area contributed by atoms with E-state index in [-0.39, 0.29) is 42.4 Å². The highest BCUT2D eigenvalue weighted by atomic mass is 19.4. The predicted molar refractivity (Wildman–Crippen MR) is 118 cm³/mol. The number of halogens is 3. The highest BCUT2D eigenvalue weighted by molar-refractivity contribution is 5.81. The van der Waals surface area contributed by atoms with Crippen molar-refractivity contribution in [1.82, 2.24) is 24.4 Å². The van der Waals surface area contributed by atoms with Crippen LogP contribution in [0.5, 0.6) is 0 Å². The summed E-state index contributed by atoms with van der Waals surface area (Å²) >= 11 is 0. The zero-order valence-electron chi connectivity index (χ0n) is 18.9. The van der Waals surface area contributed by atoms with Crippen molar-refractivity contribution in [3.8, 4) is 0 Å². The molecule has 0 aromatic carbocycles. The molecule has 9 nitrogen and oxygen atoms in total. The topological polar surface area (TPSA) is 118 Å². The zero-order valence-corrected chi connectivity index (χ0v) is 18.9. The number of nitrogens with zero attached hydrogens (tertiary/aromatic N) is 5. The molecule has 12 heteroatoms. The van der Waals surface area contributed by atoms with Gasteiger partial charge in [-0.15, -0.1) is 0 Å². The average molecular weight is 488 g/mol. The molecule has 2 unspecified atom stereocenters. The molecular weight excluding hydrogens is 465 g/mol. The lowest BCUT2D eigenvalue weighted by atomic mass is 9.33. The van der Waals surface area contributed by atoms with Gasteiger partial charge in [-0.2, -0.15) is 18.3 Å². The lowest BCUT2D eigenvalue weighted by Crippen LogP contribution is -2.70. The van der Waals surface area contributed by atoms with Gasteiger partial charge in [0, 0.05) is 42.6 Å². The Morgan fingerprint density at radius 2 is 1.91 bits per heavy atom. The van der Waals surface area contributed by atoms with E-state index in [1.807, 2.05) is 0 Å². The van der Waals surface area contributed by atoms with Gasteiger partial charge in [0.1, 0.15) is 11.3 Å². The summed E-state index contributed by atoms with van der Waals surface area (Å²) in [7, 11) is 1.51. The van der Waals surface area contributed by atoms with E-state index >= 15 is 0 Å². The Hall–Kier alpha value is -3.28. The molecule has 3 aliphatic carbocycles. The predicted octanol–water partition coefficient (Wildman–Crippen LogP) is 2.22. The van der Waals surface area contributed by atoms with Crippen LogP contribution >= 0.6 is 0 Å². The summed E-state index contributed by atoms with van der Waals surface area (Å²) in [6.45, 7) is 0.395. The number of aromatic nitrogens is 5. The first kappa shape index (κ1) is 22.2. The van der Waals surface area contributed by atoms with Crippen molar-refractivity contribution >= 4 is 10.9 Å². The van der Waals surface area contributed by atoms with Crippen molar-refractivity contribution in [1.29, 1.82) is 0 Å². The van der Waals surface area contributed by atoms with Crippen molar-refractivity contribution in [2.75, 3.05) is 12.4 Å². The van der Waals surface area contributed by atoms with Crippen LogP contribution in [0.4, 0.5) is 13.2 Å². The molecule has 1 saturated heterocycles. The Kier molecular flexibility index (Phi) is 4.52. The molecule has 4 aliphatic rings. The molecule has 0 amide bonds. The maximum absolute atomic E-state index is 13.5. The van der Waals surface area contributed by atoms with Gasteiger partial charge >= 0.3 is 6.18 Å². The van der Waals surface area contributed by atoms with Gasteiger partial charge in [-0.3, -0.25) is 9.59 Å². The van der Waals surface area contributed by atoms with E-state index in [4.69, 9.17) is 15.6 Å². The first-order chi connectivity index (χ1) is 16.5. The smallest absolute Gasteiger partial charge is 0.373 e. The van der Waals surface area contributed by atoms with Gasteiger partial charge in [-0.05, 0) is 43.7 Å². The molecule has 3 aromatic rings. The van der Waals surface area contributed by atoms with Crippen LogP contribution < -0.4 is 17.0 Å². The van der Waals surface area contributed by atoms with Gasteiger partial charge in [0.15, 0.2) is 0 Å². The Morgan fingerprint density at radius 1 is 1.17 bits per heavy atom. The number of nitrogen functional groups attached to an aromatic ring is 1. The van der Waals surface area contributed by atoms with Crippen LogP contribution in [0.1, 0.15) is 61.2 Å². The Balaban J connectivity index is 1.40. The molecule has 7 rings (SSSR count). The Morgan fingerprint density at radius 3 is 2.60 bits per heavy atom. The number of fused-ring (bicyclic) bond motifs is 1. The SMILES string of the molecule is Cn1ncc2c(C34CC(C(F)(F)F)(C3)C4)nc(C3CCOC(c4ccc(=O)n(N)c4)C3)nc2c1=O. The number of ether oxygens (including phenoxy) is 1. The lowest BCUT2D eigenvalue weighted by molar-refractivity contribution is -0.337. The number of pyridine rings is 1. The van der Waals surface area contributed by atoms with E-state index in [0.717, 1.165) is 10.2 Å². The maximum atomic E-state index is 13.5. The molecule has 1 aliphatic heterocycles. The van der Waals surface area contributed by atoms with Crippen molar-refractivity contribution in [2.24, 2.45) is 12.5 Å². The van der Waals surface area contributed by atoms with E-state index in [2.05, 4.69) is 10.1 Å². The first-order valence-electron chi connectivity index (χ1n) is 11.4. The summed E-state index contributed by atoms with van der Waals surface area (Å²) in [6.07, 6.45) is -0.632. The van der Waals surface area contributed by atoms with E-state index in [1.54, 1.807) is 6.07 Å². The Labute approximate surface area is 196 Å². The second-order valence-electron chi connectivity index (χ2n) is 10.1. The molecule has 184 valence electrons. The molecule has 0 radical (unpaired) electrons. The molecule has 3 aromatic heterocycles. The lowest BCUT2D eigenvalue weighted by Gasteiger charge is -2.70. The standard InChI is InChI=1S/C23H23F3N6O3/c1-31-20(34)17-14(7-28-31)18(21-9-22(10-21,11-21)23(24,25)26)30-19(29-17)12-4-5-35-15(6-12)13-2-3-16(33)32(27)8-13/h2-3,7-8,12,15H,4-6,9-11,27H2,1H3. The molecular formula is C23H23F3N6O3. The van der Waals surface area contributed by atoms with Gasteiger partial charge in [0.2, 0.25) is 0 Å². The van der Waals surface area contributed by atoms with Crippen LogP contribution in [0.15, 0.2) is 34.1 Å². The fraction of sp³-hybridized carbons (Fsp3) is 0.522. The molecule has 2 atom stereocenters. The minimum Gasteiger partial charge on any atom is -0.373 e. The number of aryl methyl sites for hydroxylation is 1. The van der Waals surface area contributed by atoms with Gasteiger partial charge in [0.25, 0.3) is 11.1 Å². The van der Waals surface area contributed by atoms with Crippen LogP contribution in [-0.4, -0.2) is 37.2 Å². The minimum atomic E-state index is -4.25. The van der Waals surface area contributed by atoms with Crippen LogP contribution in [0.25, 0.3) is 10.9 Å². The van der Waals surface area contributed by atoms with E-state index in [1.165, 1.54) is 30.2 Å². The van der Waals surface area contributed by atoms with Crippen molar-refractivity contribution in [2.45, 2.75) is 55.7 Å². The van der Waals surface area contributed by atoms with Crippen molar-refractivity contribution in [3.63, 3.8) is 0 Å². The highest BCUT2D eigenvalue weighted by Gasteiger charge is 2.79. The summed E-state index contributed by atoms with van der Waals surface area (Å²) in [5.41, 5.74) is -1.72. The van der Waals surface area contributed by atoms with Gasteiger partial charge in [-0.1, -0.05) is 0 Å². The molecule has 3 saturated carbocycles. The first-order valence-corrected chi connectivity index (χ1v) is 11.4. The fourth-order valence-electron chi connectivity index (χ4n) is 6.02. The summed E-state index contributed by atoms with van der Waals surface area (Å²) in [6, 6.07) is 3.02. The van der Waals surface area contributed by atoms with Crippen molar-refractivity contribution in [3.05, 3.63) is 62.3 Å². The molecule has 4 heterocycles. The van der Waals surface area contributed by atoms with Gasteiger partial charge in [0.05, 0.1) is 23.4 Å². The molecule has 2 bridgehead atoms. The van der Waals surface area contributed by atoms with Crippen LogP contribution in [0.2, 0.25) is 0 Å². The summed E-state index contributed by atoms with van der Waals surface area (Å²) < 4.78 is 48.6. The normalized spacial score (nSPS) is 30.1. The Bertz CT molecular complexity index is 1460. The average Bonchev–Trinajstić information content (AvgIpc) is 2.75. The van der Waals surface area contributed by atoms with E-state index in [0.29, 0.717) is 36.4 Å². The second-order valence-corrected chi connectivity index (χ2v) is 10.1. The molecule has 0 spiro atoms. The third-order valence-corrected chi connectivity index (χ3v) is 7.94. The largest absolute Gasteiger partial charge is 0.394 e. The summed E-state index contributed by atoms with van der Waals surface area (Å²) in [4.78, 5) is 33.9. The number of hydrogen-bond donors (Lipinski definition) is 1. The van der Waals surface area contributed by atoms with E-state index in [9.17, 15) is 22.8 Å². The molecule has 4 fully saturated rings. The van der Waals surface area contributed by atoms with E-state index < -0.39 is 22.6 Å². The quantitative estimate of drug-likeness (QED) is 0.562. The monoisotopic (exact) mass is 488 g/mol. The molecule has 2 N–H and O–H groups in total. The zero-order chi connectivity index (χ0) is 24.8. The second kappa shape index (κ2) is 7.12. The number of alkyl halides is 3. The van der Waals surface area contributed by atoms with Crippen LogP contribution in [-0.2, 0) is 17.2 Å². The van der Waals surface area contributed by atoms with Gasteiger partial charge in [-0.25, -0.2) is 19.3 Å². The highest BCUT2D eigenvalue weighted by Crippen LogP contribution is 2.78. The fourth-order valence-corrected chi connectivity index (χ4v) is 6.02. The maximum Gasteiger partial charge on any atom is 0.394 e. The summed E-state index contributed by atoms with van der Waals surface area (Å²) in [5, 5.41) is 4.50. The van der Waals surface area contributed by atoms with Gasteiger partial charge < -0.3 is 10.6 Å². The summed E-state index contributed by atoms with van der Waals surface area (Å²) in [5.74, 6) is 5.95. The third kappa shape index (κ3) is 3.15. The third-order valence-electron chi connectivity index (χ3n) is 7.94.